The molecule has 0 radical (unpaired) electrons. The highest BCUT2D eigenvalue weighted by Gasteiger charge is 2.37. The molecule has 1 N–H and O–H groups in total. The van der Waals surface area contributed by atoms with E-state index in [9.17, 15) is 9.59 Å². The highest BCUT2D eigenvalue weighted by molar-refractivity contribution is 5.98. The summed E-state index contributed by atoms with van der Waals surface area (Å²) in [6.07, 6.45) is 0.531. The number of rotatable bonds is 3. The van der Waals surface area contributed by atoms with Crippen molar-refractivity contribution in [1.29, 1.82) is 0 Å². The fourth-order valence-electron chi connectivity index (χ4n) is 2.49. The first-order chi connectivity index (χ1) is 10.2. The van der Waals surface area contributed by atoms with Crippen molar-refractivity contribution in [3.05, 3.63) is 60.2 Å². The molecular weight excluding hydrogens is 266 g/mol. The van der Waals surface area contributed by atoms with Crippen molar-refractivity contribution in [3.8, 4) is 11.1 Å². The van der Waals surface area contributed by atoms with E-state index in [1.165, 1.54) is 4.90 Å². The van der Waals surface area contributed by atoms with Crippen molar-refractivity contribution in [1.82, 2.24) is 4.90 Å². The van der Waals surface area contributed by atoms with Gasteiger partial charge in [0.15, 0.2) is 0 Å². The summed E-state index contributed by atoms with van der Waals surface area (Å²) >= 11 is 0. The molecule has 2 aromatic rings. The van der Waals surface area contributed by atoms with E-state index < -0.39 is 12.0 Å². The third-order valence-electron chi connectivity index (χ3n) is 3.80. The van der Waals surface area contributed by atoms with Crippen LogP contribution in [0.5, 0.6) is 0 Å². The number of carboxylic acid groups (broad SMARTS) is 1. The van der Waals surface area contributed by atoms with Gasteiger partial charge in [0.2, 0.25) is 0 Å². The van der Waals surface area contributed by atoms with E-state index in [2.05, 4.69) is 0 Å². The Balaban J connectivity index is 1.78. The third-order valence-corrected chi connectivity index (χ3v) is 3.80. The molecule has 0 saturated carbocycles. The Morgan fingerprint density at radius 3 is 2.10 bits per heavy atom. The number of hydrogen-bond acceptors (Lipinski definition) is 2. The van der Waals surface area contributed by atoms with Gasteiger partial charge in [-0.2, -0.15) is 0 Å². The third kappa shape index (κ3) is 2.52. The molecule has 4 heteroatoms. The Hall–Kier alpha value is -2.62. The molecule has 1 amide bonds. The van der Waals surface area contributed by atoms with E-state index >= 15 is 0 Å². The maximum Gasteiger partial charge on any atom is 0.326 e. The number of aliphatic carboxylic acids is 1. The molecule has 3 rings (SSSR count). The standard InChI is InChI=1S/C17H15NO3/c19-16(18-11-10-15(18)17(20)21)14-8-6-13(7-9-14)12-4-2-1-3-5-12/h1-9,15H,10-11H2,(H,20,21). The Labute approximate surface area is 122 Å². The van der Waals surface area contributed by atoms with Crippen molar-refractivity contribution in [2.24, 2.45) is 0 Å². The van der Waals surface area contributed by atoms with Crippen molar-refractivity contribution >= 4 is 11.9 Å². The molecule has 1 unspecified atom stereocenters. The molecule has 1 saturated heterocycles. The first kappa shape index (κ1) is 13.4. The summed E-state index contributed by atoms with van der Waals surface area (Å²) in [6.45, 7) is 0.510. The second kappa shape index (κ2) is 5.40. The van der Waals surface area contributed by atoms with Gasteiger partial charge in [0.05, 0.1) is 0 Å². The summed E-state index contributed by atoms with van der Waals surface area (Å²) in [5, 5.41) is 9.00. The molecule has 4 nitrogen and oxygen atoms in total. The minimum Gasteiger partial charge on any atom is -0.480 e. The van der Waals surface area contributed by atoms with Crippen LogP contribution < -0.4 is 0 Å². The Kier molecular flexibility index (Phi) is 3.44. The molecule has 1 aliphatic rings. The average molecular weight is 281 g/mol. The van der Waals surface area contributed by atoms with Gasteiger partial charge in [-0.1, -0.05) is 42.5 Å². The van der Waals surface area contributed by atoms with E-state index in [1.807, 2.05) is 42.5 Å². The van der Waals surface area contributed by atoms with Gasteiger partial charge >= 0.3 is 5.97 Å². The van der Waals surface area contributed by atoms with Gasteiger partial charge < -0.3 is 10.0 Å². The number of carboxylic acids is 1. The van der Waals surface area contributed by atoms with E-state index in [4.69, 9.17) is 5.11 Å². The molecule has 21 heavy (non-hydrogen) atoms. The summed E-state index contributed by atoms with van der Waals surface area (Å²) in [5.74, 6) is -1.15. The van der Waals surface area contributed by atoms with Crippen molar-refractivity contribution in [3.63, 3.8) is 0 Å². The number of hydrogen-bond donors (Lipinski definition) is 1. The lowest BCUT2D eigenvalue weighted by Gasteiger charge is -2.37. The topological polar surface area (TPSA) is 57.6 Å². The van der Waals surface area contributed by atoms with Gasteiger partial charge in [0.25, 0.3) is 5.91 Å². The van der Waals surface area contributed by atoms with E-state index in [-0.39, 0.29) is 5.91 Å². The summed E-state index contributed by atoms with van der Waals surface area (Å²) in [6, 6.07) is 16.5. The van der Waals surface area contributed by atoms with E-state index in [0.29, 0.717) is 18.5 Å². The molecule has 2 aromatic carbocycles. The lowest BCUT2D eigenvalue weighted by molar-refractivity contribution is -0.146. The number of carbonyl (C=O) groups excluding carboxylic acids is 1. The maximum atomic E-state index is 12.3. The van der Waals surface area contributed by atoms with E-state index in [1.54, 1.807) is 12.1 Å². The predicted molar refractivity (Wildman–Crippen MR) is 79.0 cm³/mol. The Bertz CT molecular complexity index is 664. The Morgan fingerprint density at radius 2 is 1.57 bits per heavy atom. The van der Waals surface area contributed by atoms with Crippen LogP contribution >= 0.6 is 0 Å². The molecule has 0 aromatic heterocycles. The summed E-state index contributed by atoms with van der Waals surface area (Å²) < 4.78 is 0. The molecular formula is C17H15NO3. The fourth-order valence-corrected chi connectivity index (χ4v) is 2.49. The lowest BCUT2D eigenvalue weighted by atomic mass is 9.99. The minimum absolute atomic E-state index is 0.215. The molecule has 1 aliphatic heterocycles. The number of carbonyl (C=O) groups is 2. The van der Waals surface area contributed by atoms with Gasteiger partial charge in [-0.3, -0.25) is 4.79 Å². The predicted octanol–water partition coefficient (Wildman–Crippen LogP) is 2.65. The molecule has 0 bridgehead atoms. The molecule has 1 atom stereocenters. The zero-order valence-electron chi connectivity index (χ0n) is 11.4. The van der Waals surface area contributed by atoms with Crippen LogP contribution in [0.4, 0.5) is 0 Å². The van der Waals surface area contributed by atoms with E-state index in [0.717, 1.165) is 11.1 Å². The smallest absolute Gasteiger partial charge is 0.326 e. The van der Waals surface area contributed by atoms with Crippen LogP contribution in [-0.4, -0.2) is 34.5 Å². The normalized spacial score (nSPS) is 17.1. The highest BCUT2D eigenvalue weighted by atomic mass is 16.4. The second-order valence-electron chi connectivity index (χ2n) is 5.08. The zero-order valence-corrected chi connectivity index (χ0v) is 11.4. The largest absolute Gasteiger partial charge is 0.480 e. The van der Waals surface area contributed by atoms with Gasteiger partial charge in [-0.05, 0) is 29.7 Å². The van der Waals surface area contributed by atoms with Gasteiger partial charge in [-0.25, -0.2) is 4.79 Å². The maximum absolute atomic E-state index is 12.3. The number of likely N-dealkylation sites (tertiary alicyclic amines) is 1. The summed E-state index contributed by atoms with van der Waals surface area (Å²) in [5.41, 5.74) is 2.65. The van der Waals surface area contributed by atoms with Gasteiger partial charge in [0.1, 0.15) is 6.04 Å². The van der Waals surface area contributed by atoms with Crippen LogP contribution in [0.25, 0.3) is 11.1 Å². The van der Waals surface area contributed by atoms with Crippen molar-refractivity contribution < 1.29 is 14.7 Å². The van der Waals surface area contributed by atoms with Crippen molar-refractivity contribution in [2.75, 3.05) is 6.54 Å². The van der Waals surface area contributed by atoms with Crippen LogP contribution in [0.1, 0.15) is 16.8 Å². The Morgan fingerprint density at radius 1 is 0.952 bits per heavy atom. The van der Waals surface area contributed by atoms with Crippen molar-refractivity contribution in [2.45, 2.75) is 12.5 Å². The highest BCUT2D eigenvalue weighted by Crippen LogP contribution is 2.23. The van der Waals surface area contributed by atoms with Crippen LogP contribution in [-0.2, 0) is 4.79 Å². The molecule has 1 heterocycles. The first-order valence-corrected chi connectivity index (χ1v) is 6.86. The minimum atomic E-state index is -0.935. The fraction of sp³-hybridized carbons (Fsp3) is 0.176. The first-order valence-electron chi connectivity index (χ1n) is 6.86. The summed E-state index contributed by atoms with van der Waals surface area (Å²) in [7, 11) is 0. The van der Waals surface area contributed by atoms with Gasteiger partial charge in [-0.15, -0.1) is 0 Å². The lowest BCUT2D eigenvalue weighted by Crippen LogP contribution is -2.55. The summed E-state index contributed by atoms with van der Waals surface area (Å²) in [4.78, 5) is 24.6. The molecule has 106 valence electrons. The number of benzene rings is 2. The number of nitrogens with zero attached hydrogens (tertiary/aromatic N) is 1. The number of amides is 1. The molecule has 0 aliphatic carbocycles. The monoisotopic (exact) mass is 281 g/mol. The van der Waals surface area contributed by atoms with Gasteiger partial charge in [0, 0.05) is 12.1 Å². The van der Waals surface area contributed by atoms with Crippen LogP contribution in [0.3, 0.4) is 0 Å². The molecule has 1 fully saturated rings. The quantitative estimate of drug-likeness (QED) is 0.941. The average Bonchev–Trinajstić information content (AvgIpc) is 2.46. The second-order valence-corrected chi connectivity index (χ2v) is 5.08. The SMILES string of the molecule is O=C(O)C1CCN1C(=O)c1ccc(-c2ccccc2)cc1. The molecule has 0 spiro atoms. The zero-order chi connectivity index (χ0) is 14.8. The van der Waals surface area contributed by atoms with Crippen LogP contribution in [0, 0.1) is 0 Å². The van der Waals surface area contributed by atoms with Crippen LogP contribution in [0.15, 0.2) is 54.6 Å². The van der Waals surface area contributed by atoms with Crippen LogP contribution in [0.2, 0.25) is 0 Å².